The topological polar surface area (TPSA) is 54.5 Å². The molecule has 0 saturated carbocycles. The SMILES string of the molecule is CCCCN(C(=O)c1ccc(C)c(C)c1)[C@@H]1CCS(=O)(=O)C1. The van der Waals surface area contributed by atoms with Crippen LogP contribution in [0.1, 0.15) is 47.7 Å². The van der Waals surface area contributed by atoms with Crippen LogP contribution in [-0.2, 0) is 9.84 Å². The van der Waals surface area contributed by atoms with E-state index in [0.717, 1.165) is 24.0 Å². The van der Waals surface area contributed by atoms with Gasteiger partial charge < -0.3 is 4.90 Å². The van der Waals surface area contributed by atoms with Crippen molar-refractivity contribution in [1.82, 2.24) is 4.90 Å². The second kappa shape index (κ2) is 6.82. The molecule has 0 aromatic heterocycles. The molecule has 0 radical (unpaired) electrons. The first-order valence-electron chi connectivity index (χ1n) is 7.92. The lowest BCUT2D eigenvalue weighted by atomic mass is 10.0. The van der Waals surface area contributed by atoms with Gasteiger partial charge in [0.15, 0.2) is 9.84 Å². The maximum atomic E-state index is 12.8. The van der Waals surface area contributed by atoms with Crippen molar-refractivity contribution >= 4 is 15.7 Å². The third-order valence-electron chi connectivity index (χ3n) is 4.42. The summed E-state index contributed by atoms with van der Waals surface area (Å²) in [7, 11) is -2.99. The van der Waals surface area contributed by atoms with Crippen molar-refractivity contribution < 1.29 is 13.2 Å². The van der Waals surface area contributed by atoms with Crippen LogP contribution in [0.25, 0.3) is 0 Å². The number of carbonyl (C=O) groups excluding carboxylic acids is 1. The summed E-state index contributed by atoms with van der Waals surface area (Å²) < 4.78 is 23.5. The van der Waals surface area contributed by atoms with Crippen LogP contribution in [0.3, 0.4) is 0 Å². The molecule has 1 fully saturated rings. The summed E-state index contributed by atoms with van der Waals surface area (Å²) in [6, 6.07) is 5.52. The monoisotopic (exact) mass is 323 g/mol. The molecule has 0 N–H and O–H groups in total. The molecule has 1 aliphatic heterocycles. The highest BCUT2D eigenvalue weighted by Gasteiger charge is 2.34. The zero-order valence-corrected chi connectivity index (χ0v) is 14.4. The molecule has 1 saturated heterocycles. The highest BCUT2D eigenvalue weighted by atomic mass is 32.2. The number of sulfone groups is 1. The van der Waals surface area contributed by atoms with Crippen molar-refractivity contribution in [3.05, 3.63) is 34.9 Å². The molecule has 2 rings (SSSR count). The third kappa shape index (κ3) is 3.88. The molecule has 4 nitrogen and oxygen atoms in total. The van der Waals surface area contributed by atoms with Gasteiger partial charge >= 0.3 is 0 Å². The van der Waals surface area contributed by atoms with E-state index in [1.54, 1.807) is 4.90 Å². The number of carbonyl (C=O) groups is 1. The summed E-state index contributed by atoms with van der Waals surface area (Å²) in [5.41, 5.74) is 2.89. The predicted octanol–water partition coefficient (Wildman–Crippen LogP) is 2.73. The number of unbranched alkanes of at least 4 members (excludes halogenated alkanes) is 1. The van der Waals surface area contributed by atoms with Gasteiger partial charge in [-0.2, -0.15) is 0 Å². The van der Waals surface area contributed by atoms with Crippen LogP contribution in [-0.4, -0.2) is 43.3 Å². The minimum absolute atomic E-state index is 0.0429. The van der Waals surface area contributed by atoms with Crippen LogP contribution < -0.4 is 0 Å². The summed E-state index contributed by atoms with van der Waals surface area (Å²) in [4.78, 5) is 14.6. The summed E-state index contributed by atoms with van der Waals surface area (Å²) in [5.74, 6) is 0.256. The first-order valence-corrected chi connectivity index (χ1v) is 9.75. The Morgan fingerprint density at radius 3 is 2.55 bits per heavy atom. The van der Waals surface area contributed by atoms with E-state index in [9.17, 15) is 13.2 Å². The molecule has 0 aliphatic carbocycles. The maximum absolute atomic E-state index is 12.8. The van der Waals surface area contributed by atoms with Crippen molar-refractivity contribution in [3.63, 3.8) is 0 Å². The first kappa shape index (κ1) is 17.0. The van der Waals surface area contributed by atoms with E-state index in [1.807, 2.05) is 32.0 Å². The first-order chi connectivity index (χ1) is 10.3. The average Bonchev–Trinajstić information content (AvgIpc) is 2.82. The Hall–Kier alpha value is -1.36. The van der Waals surface area contributed by atoms with Crippen LogP contribution in [0.15, 0.2) is 18.2 Å². The van der Waals surface area contributed by atoms with Crippen LogP contribution in [0, 0.1) is 13.8 Å². The van der Waals surface area contributed by atoms with Gasteiger partial charge in [0.25, 0.3) is 5.91 Å². The van der Waals surface area contributed by atoms with Crippen molar-refractivity contribution in [2.45, 2.75) is 46.1 Å². The summed E-state index contributed by atoms with van der Waals surface area (Å²) in [5, 5.41) is 0. The molecule has 1 aromatic rings. The average molecular weight is 323 g/mol. The van der Waals surface area contributed by atoms with Gasteiger partial charge in [0.1, 0.15) is 0 Å². The molecular weight excluding hydrogens is 298 g/mol. The van der Waals surface area contributed by atoms with Crippen molar-refractivity contribution in [3.8, 4) is 0 Å². The van der Waals surface area contributed by atoms with Gasteiger partial charge in [-0.05, 0) is 49.9 Å². The van der Waals surface area contributed by atoms with E-state index < -0.39 is 9.84 Å². The van der Waals surface area contributed by atoms with E-state index in [4.69, 9.17) is 0 Å². The maximum Gasteiger partial charge on any atom is 0.254 e. The van der Waals surface area contributed by atoms with Crippen LogP contribution in [0.4, 0.5) is 0 Å². The summed E-state index contributed by atoms with van der Waals surface area (Å²) in [6.45, 7) is 6.71. The lowest BCUT2D eigenvalue weighted by Gasteiger charge is -2.28. The highest BCUT2D eigenvalue weighted by Crippen LogP contribution is 2.21. The fraction of sp³-hybridized carbons (Fsp3) is 0.588. The molecule has 1 amide bonds. The smallest absolute Gasteiger partial charge is 0.254 e. The number of benzene rings is 1. The molecule has 0 bridgehead atoms. The fourth-order valence-electron chi connectivity index (χ4n) is 2.84. The Morgan fingerprint density at radius 2 is 2.00 bits per heavy atom. The van der Waals surface area contributed by atoms with Gasteiger partial charge in [-0.25, -0.2) is 8.42 Å². The quantitative estimate of drug-likeness (QED) is 0.837. The summed E-state index contributed by atoms with van der Waals surface area (Å²) in [6.07, 6.45) is 2.44. The Kier molecular flexibility index (Phi) is 5.27. The minimum atomic E-state index is -2.99. The number of hydrogen-bond donors (Lipinski definition) is 0. The van der Waals surface area contributed by atoms with E-state index in [2.05, 4.69) is 6.92 Å². The molecule has 5 heteroatoms. The van der Waals surface area contributed by atoms with Crippen molar-refractivity contribution in [2.75, 3.05) is 18.1 Å². The Labute approximate surface area is 133 Å². The second-order valence-electron chi connectivity index (χ2n) is 6.21. The molecule has 22 heavy (non-hydrogen) atoms. The van der Waals surface area contributed by atoms with Crippen LogP contribution in [0.5, 0.6) is 0 Å². The van der Waals surface area contributed by atoms with E-state index in [1.165, 1.54) is 0 Å². The molecule has 1 heterocycles. The summed E-state index contributed by atoms with van der Waals surface area (Å²) >= 11 is 0. The lowest BCUT2D eigenvalue weighted by Crippen LogP contribution is -2.41. The molecule has 1 aromatic carbocycles. The number of aryl methyl sites for hydroxylation is 2. The van der Waals surface area contributed by atoms with Gasteiger partial charge in [0, 0.05) is 18.2 Å². The molecule has 122 valence electrons. The predicted molar refractivity (Wildman–Crippen MR) is 88.9 cm³/mol. The minimum Gasteiger partial charge on any atom is -0.335 e. The zero-order valence-electron chi connectivity index (χ0n) is 13.6. The molecule has 1 atom stereocenters. The van der Waals surface area contributed by atoms with Gasteiger partial charge in [0.05, 0.1) is 11.5 Å². The zero-order chi connectivity index (χ0) is 16.3. The highest BCUT2D eigenvalue weighted by molar-refractivity contribution is 7.91. The third-order valence-corrected chi connectivity index (χ3v) is 6.17. The molecule has 1 aliphatic rings. The normalized spacial score (nSPS) is 20.0. The second-order valence-corrected chi connectivity index (χ2v) is 8.44. The number of hydrogen-bond acceptors (Lipinski definition) is 3. The van der Waals surface area contributed by atoms with Crippen LogP contribution >= 0.6 is 0 Å². The number of rotatable bonds is 5. The molecule has 0 spiro atoms. The van der Waals surface area contributed by atoms with Crippen LogP contribution in [0.2, 0.25) is 0 Å². The van der Waals surface area contributed by atoms with Crippen molar-refractivity contribution in [2.24, 2.45) is 0 Å². The van der Waals surface area contributed by atoms with Gasteiger partial charge in [-0.3, -0.25) is 4.79 Å². The standard InChI is InChI=1S/C17H25NO3S/c1-4-5-9-18(16-8-10-22(20,21)12-16)17(19)15-7-6-13(2)14(3)11-15/h6-7,11,16H,4-5,8-10,12H2,1-3H3/t16-/m1/s1. The fourth-order valence-corrected chi connectivity index (χ4v) is 4.57. The lowest BCUT2D eigenvalue weighted by molar-refractivity contribution is 0.0694. The number of amides is 1. The van der Waals surface area contributed by atoms with E-state index >= 15 is 0 Å². The Balaban J connectivity index is 2.24. The van der Waals surface area contributed by atoms with Gasteiger partial charge in [0.2, 0.25) is 0 Å². The largest absolute Gasteiger partial charge is 0.335 e. The van der Waals surface area contributed by atoms with Gasteiger partial charge in [-0.1, -0.05) is 19.4 Å². The number of nitrogens with zero attached hydrogens (tertiary/aromatic N) is 1. The van der Waals surface area contributed by atoms with E-state index in [-0.39, 0.29) is 23.5 Å². The Morgan fingerprint density at radius 1 is 1.27 bits per heavy atom. The molecule has 0 unspecified atom stereocenters. The van der Waals surface area contributed by atoms with Crippen molar-refractivity contribution in [1.29, 1.82) is 0 Å². The molecular formula is C17H25NO3S. The Bertz CT molecular complexity index is 652. The van der Waals surface area contributed by atoms with Gasteiger partial charge in [-0.15, -0.1) is 0 Å². The van der Waals surface area contributed by atoms with E-state index in [0.29, 0.717) is 18.5 Å².